The van der Waals surface area contributed by atoms with E-state index in [1.54, 1.807) is 0 Å². The molecule has 23 heavy (non-hydrogen) atoms. The molecule has 0 bridgehead atoms. The Morgan fingerprint density at radius 3 is 2.70 bits per heavy atom. The summed E-state index contributed by atoms with van der Waals surface area (Å²) in [5.41, 5.74) is 8.22. The predicted molar refractivity (Wildman–Crippen MR) is 110 cm³/mol. The highest BCUT2D eigenvalue weighted by molar-refractivity contribution is 14.0. The molecule has 0 spiro atoms. The lowest BCUT2D eigenvalue weighted by atomic mass is 10.1. The minimum Gasteiger partial charge on any atom is -0.377 e. The second kappa shape index (κ2) is 12.5. The van der Waals surface area contributed by atoms with Crippen LogP contribution in [0.4, 0.5) is 5.69 Å². The molecular formula is C17H31IN4O. The van der Waals surface area contributed by atoms with Gasteiger partial charge in [-0.25, -0.2) is 0 Å². The van der Waals surface area contributed by atoms with Gasteiger partial charge < -0.3 is 20.7 Å². The third kappa shape index (κ3) is 9.78. The maximum absolute atomic E-state index is 5.97. The highest BCUT2D eigenvalue weighted by Gasteiger charge is 2.08. The number of aliphatic imine (C=N–C) groups is 1. The maximum atomic E-state index is 5.97. The SMILES string of the molecule is CCOC(CCN(C)C)CN=C(N)Nc1cccc(CC)c1.I. The van der Waals surface area contributed by atoms with Crippen LogP contribution >= 0.6 is 24.0 Å². The molecule has 1 rings (SSSR count). The first-order valence-corrected chi connectivity index (χ1v) is 7.97. The van der Waals surface area contributed by atoms with E-state index in [-0.39, 0.29) is 30.1 Å². The molecule has 0 aromatic heterocycles. The first-order valence-electron chi connectivity index (χ1n) is 7.97. The van der Waals surface area contributed by atoms with Crippen molar-refractivity contribution >= 4 is 35.6 Å². The second-order valence-electron chi connectivity index (χ2n) is 5.57. The average Bonchev–Trinajstić information content (AvgIpc) is 2.50. The molecule has 0 saturated carbocycles. The van der Waals surface area contributed by atoms with Gasteiger partial charge in [0.25, 0.3) is 0 Å². The van der Waals surface area contributed by atoms with Crippen LogP contribution in [-0.4, -0.2) is 50.8 Å². The van der Waals surface area contributed by atoms with Crippen LogP contribution in [-0.2, 0) is 11.2 Å². The van der Waals surface area contributed by atoms with Gasteiger partial charge >= 0.3 is 0 Å². The predicted octanol–water partition coefficient (Wildman–Crippen LogP) is 2.95. The van der Waals surface area contributed by atoms with Crippen molar-refractivity contribution in [2.45, 2.75) is 32.8 Å². The second-order valence-corrected chi connectivity index (χ2v) is 5.57. The molecule has 1 atom stereocenters. The molecule has 132 valence electrons. The molecule has 5 nitrogen and oxygen atoms in total. The van der Waals surface area contributed by atoms with Crippen molar-refractivity contribution in [3.8, 4) is 0 Å². The van der Waals surface area contributed by atoms with Gasteiger partial charge in [-0.3, -0.25) is 4.99 Å². The van der Waals surface area contributed by atoms with Crippen LogP contribution in [0.5, 0.6) is 0 Å². The Morgan fingerprint density at radius 2 is 2.09 bits per heavy atom. The molecule has 1 unspecified atom stereocenters. The number of hydrogen-bond donors (Lipinski definition) is 2. The number of rotatable bonds is 9. The van der Waals surface area contributed by atoms with Gasteiger partial charge in [0.1, 0.15) is 0 Å². The Morgan fingerprint density at radius 1 is 1.35 bits per heavy atom. The van der Waals surface area contributed by atoms with Crippen LogP contribution in [0.15, 0.2) is 29.3 Å². The normalized spacial score (nSPS) is 12.8. The number of guanidine groups is 1. The van der Waals surface area contributed by atoms with E-state index in [9.17, 15) is 0 Å². The van der Waals surface area contributed by atoms with Gasteiger partial charge in [0, 0.05) is 18.8 Å². The molecule has 3 N–H and O–H groups in total. The Labute approximate surface area is 157 Å². The monoisotopic (exact) mass is 434 g/mol. The topological polar surface area (TPSA) is 62.9 Å². The Kier molecular flexibility index (Phi) is 12.1. The van der Waals surface area contributed by atoms with Gasteiger partial charge in [0.2, 0.25) is 0 Å². The summed E-state index contributed by atoms with van der Waals surface area (Å²) in [6.07, 6.45) is 2.06. The zero-order chi connectivity index (χ0) is 16.4. The van der Waals surface area contributed by atoms with Crippen molar-refractivity contribution in [1.29, 1.82) is 0 Å². The number of aryl methyl sites for hydroxylation is 1. The van der Waals surface area contributed by atoms with E-state index >= 15 is 0 Å². The molecule has 0 aliphatic carbocycles. The Hall–Kier alpha value is -0.860. The summed E-state index contributed by atoms with van der Waals surface area (Å²) in [5.74, 6) is 0.433. The first kappa shape index (κ1) is 22.1. The summed E-state index contributed by atoms with van der Waals surface area (Å²) in [7, 11) is 4.12. The number of nitrogens with zero attached hydrogens (tertiary/aromatic N) is 2. The summed E-state index contributed by atoms with van der Waals surface area (Å²) in [6, 6.07) is 8.21. The first-order chi connectivity index (χ1) is 10.5. The van der Waals surface area contributed by atoms with Gasteiger partial charge in [-0.1, -0.05) is 19.1 Å². The molecule has 0 saturated heterocycles. The van der Waals surface area contributed by atoms with Gasteiger partial charge in [0.05, 0.1) is 12.6 Å². The molecular weight excluding hydrogens is 403 g/mol. The summed E-state index contributed by atoms with van der Waals surface area (Å²) in [5, 5.41) is 3.14. The van der Waals surface area contributed by atoms with Crippen molar-refractivity contribution in [2.75, 3.05) is 39.1 Å². The number of halogens is 1. The van der Waals surface area contributed by atoms with Crippen LogP contribution in [0.25, 0.3) is 0 Å². The van der Waals surface area contributed by atoms with E-state index in [1.165, 1.54) is 5.56 Å². The van der Waals surface area contributed by atoms with E-state index in [2.05, 4.69) is 48.4 Å². The summed E-state index contributed by atoms with van der Waals surface area (Å²) >= 11 is 0. The molecule has 0 fully saturated rings. The lowest BCUT2D eigenvalue weighted by molar-refractivity contribution is 0.0583. The van der Waals surface area contributed by atoms with Crippen LogP contribution in [0.3, 0.4) is 0 Å². The largest absolute Gasteiger partial charge is 0.377 e. The fourth-order valence-corrected chi connectivity index (χ4v) is 2.12. The van der Waals surface area contributed by atoms with Crippen molar-refractivity contribution < 1.29 is 4.74 Å². The van der Waals surface area contributed by atoms with E-state index in [1.807, 2.05) is 19.1 Å². The van der Waals surface area contributed by atoms with Crippen molar-refractivity contribution in [1.82, 2.24) is 4.90 Å². The number of anilines is 1. The zero-order valence-electron chi connectivity index (χ0n) is 14.7. The van der Waals surface area contributed by atoms with Crippen molar-refractivity contribution in [3.05, 3.63) is 29.8 Å². The number of benzene rings is 1. The summed E-state index contributed by atoms with van der Waals surface area (Å²) in [6.45, 7) is 6.39. The zero-order valence-corrected chi connectivity index (χ0v) is 17.0. The lowest BCUT2D eigenvalue weighted by Gasteiger charge is -2.18. The molecule has 1 aromatic carbocycles. The van der Waals surface area contributed by atoms with Crippen LogP contribution < -0.4 is 11.1 Å². The van der Waals surface area contributed by atoms with Gasteiger partial charge in [-0.2, -0.15) is 0 Å². The van der Waals surface area contributed by atoms with Crippen LogP contribution in [0, 0.1) is 0 Å². The summed E-state index contributed by atoms with van der Waals surface area (Å²) in [4.78, 5) is 6.56. The minimum absolute atomic E-state index is 0. The minimum atomic E-state index is 0. The molecule has 1 aromatic rings. The third-order valence-corrected chi connectivity index (χ3v) is 3.37. The quantitative estimate of drug-likeness (QED) is 0.357. The molecule has 0 radical (unpaired) electrons. The van der Waals surface area contributed by atoms with Crippen molar-refractivity contribution in [2.24, 2.45) is 10.7 Å². The van der Waals surface area contributed by atoms with Crippen molar-refractivity contribution in [3.63, 3.8) is 0 Å². The van der Waals surface area contributed by atoms with E-state index in [0.717, 1.165) is 25.1 Å². The number of nitrogens with two attached hydrogens (primary N) is 1. The highest BCUT2D eigenvalue weighted by Crippen LogP contribution is 2.10. The van der Waals surface area contributed by atoms with Gasteiger partial charge in [-0.15, -0.1) is 24.0 Å². The van der Waals surface area contributed by atoms with E-state index in [0.29, 0.717) is 19.1 Å². The molecule has 0 heterocycles. The molecule has 0 aliphatic heterocycles. The smallest absolute Gasteiger partial charge is 0.193 e. The fourth-order valence-electron chi connectivity index (χ4n) is 2.12. The van der Waals surface area contributed by atoms with Crippen LogP contribution in [0.2, 0.25) is 0 Å². The molecule has 0 amide bonds. The number of nitrogens with one attached hydrogen (secondary N) is 1. The van der Waals surface area contributed by atoms with Crippen LogP contribution in [0.1, 0.15) is 25.8 Å². The fraction of sp³-hybridized carbons (Fsp3) is 0.588. The standard InChI is InChI=1S/C17H30N4O.HI/c1-5-14-8-7-9-15(12-14)20-17(18)19-13-16(22-6-2)10-11-21(3)4;/h7-9,12,16H,5-6,10-11,13H2,1-4H3,(H3,18,19,20);1H. The van der Waals surface area contributed by atoms with E-state index in [4.69, 9.17) is 10.5 Å². The highest BCUT2D eigenvalue weighted by atomic mass is 127. The average molecular weight is 434 g/mol. The molecule has 0 aliphatic rings. The van der Waals surface area contributed by atoms with E-state index < -0.39 is 0 Å². The number of ether oxygens (including phenoxy) is 1. The number of hydrogen-bond acceptors (Lipinski definition) is 3. The third-order valence-electron chi connectivity index (χ3n) is 3.37. The maximum Gasteiger partial charge on any atom is 0.193 e. The van der Waals surface area contributed by atoms with Gasteiger partial charge in [0.15, 0.2) is 5.96 Å². The lowest BCUT2D eigenvalue weighted by Crippen LogP contribution is -2.28. The summed E-state index contributed by atoms with van der Waals surface area (Å²) < 4.78 is 5.71. The Bertz CT molecular complexity index is 466. The molecule has 6 heteroatoms. The van der Waals surface area contributed by atoms with Gasteiger partial charge in [-0.05, 0) is 51.6 Å². The Balaban J connectivity index is 0.00000484.